The Morgan fingerprint density at radius 1 is 1.12 bits per heavy atom. The number of hydrogen-bond donors (Lipinski definition) is 0. The standard InChI is InChI=1S/C22H40N2/c1-15(17(3)22(4,5)6)19-8-9-20(24-14-21(24)16(19)2)18-10-12-23(7)13-11-18/h9,15-19,21H,8,10-14H2,1-7H3/t15?,16?,17-,19?,21?,24?/m0/s1. The molecule has 0 N–H and O–H groups in total. The average Bonchev–Trinajstić information content (AvgIpc) is 3.30. The minimum Gasteiger partial charge on any atom is -0.368 e. The van der Waals surface area contributed by atoms with Crippen LogP contribution in [-0.4, -0.2) is 42.5 Å². The first-order valence-electron chi connectivity index (χ1n) is 10.4. The van der Waals surface area contributed by atoms with Gasteiger partial charge in [0, 0.05) is 24.2 Å². The summed E-state index contributed by atoms with van der Waals surface area (Å²) < 4.78 is 0. The quantitative estimate of drug-likeness (QED) is 0.680. The summed E-state index contributed by atoms with van der Waals surface area (Å²) in [6.07, 6.45) is 6.69. The molecule has 0 spiro atoms. The van der Waals surface area contributed by atoms with Crippen LogP contribution in [0.2, 0.25) is 0 Å². The largest absolute Gasteiger partial charge is 0.368 e. The van der Waals surface area contributed by atoms with Crippen LogP contribution in [0.1, 0.15) is 60.8 Å². The predicted molar refractivity (Wildman–Crippen MR) is 104 cm³/mol. The first-order valence-corrected chi connectivity index (χ1v) is 10.4. The molecular weight excluding hydrogens is 292 g/mol. The topological polar surface area (TPSA) is 6.25 Å². The molecule has 24 heavy (non-hydrogen) atoms. The van der Waals surface area contributed by atoms with Crippen LogP contribution in [0.3, 0.4) is 0 Å². The highest BCUT2D eigenvalue weighted by molar-refractivity contribution is 5.20. The minimum absolute atomic E-state index is 0.412. The molecule has 0 bridgehead atoms. The Labute approximate surface area is 150 Å². The lowest BCUT2D eigenvalue weighted by Gasteiger charge is -2.39. The molecule has 0 saturated carbocycles. The summed E-state index contributed by atoms with van der Waals surface area (Å²) in [5.41, 5.74) is 2.13. The number of rotatable bonds is 3. The SMILES string of the molecule is CC1C(C(C)[C@H](C)C(C)(C)C)CC=C(C2CCN(C)CC2)N2CC12. The second kappa shape index (κ2) is 6.67. The number of likely N-dealkylation sites (tertiary alicyclic amines) is 1. The summed E-state index contributed by atoms with van der Waals surface area (Å²) in [6.45, 7) is 18.7. The van der Waals surface area contributed by atoms with Crippen LogP contribution in [0, 0.1) is 35.0 Å². The molecule has 0 aromatic rings. The van der Waals surface area contributed by atoms with Crippen molar-refractivity contribution in [3.05, 3.63) is 11.8 Å². The van der Waals surface area contributed by atoms with Gasteiger partial charge in [0.1, 0.15) is 0 Å². The van der Waals surface area contributed by atoms with Crippen LogP contribution < -0.4 is 0 Å². The summed E-state index contributed by atoms with van der Waals surface area (Å²) >= 11 is 0. The maximum atomic E-state index is 2.76. The highest BCUT2D eigenvalue weighted by Gasteiger charge is 2.48. The maximum Gasteiger partial charge on any atom is 0.0491 e. The van der Waals surface area contributed by atoms with Gasteiger partial charge >= 0.3 is 0 Å². The van der Waals surface area contributed by atoms with E-state index in [1.807, 2.05) is 0 Å². The maximum absolute atomic E-state index is 2.76. The summed E-state index contributed by atoms with van der Waals surface area (Å²) in [5.74, 6) is 4.08. The number of nitrogens with zero attached hydrogens (tertiary/aromatic N) is 2. The molecule has 3 rings (SSSR count). The zero-order chi connectivity index (χ0) is 17.6. The molecular formula is C22H40N2. The van der Waals surface area contributed by atoms with Gasteiger partial charge in [0.05, 0.1) is 0 Å². The highest BCUT2D eigenvalue weighted by atomic mass is 15.3. The third-order valence-corrected chi connectivity index (χ3v) is 7.83. The van der Waals surface area contributed by atoms with Crippen LogP contribution in [0.5, 0.6) is 0 Å². The Balaban J connectivity index is 1.73. The first kappa shape index (κ1) is 18.3. The van der Waals surface area contributed by atoms with Crippen LogP contribution in [0.25, 0.3) is 0 Å². The van der Waals surface area contributed by atoms with Crippen molar-refractivity contribution in [2.45, 2.75) is 66.8 Å². The van der Waals surface area contributed by atoms with Gasteiger partial charge in [-0.2, -0.15) is 0 Å². The third-order valence-electron chi connectivity index (χ3n) is 7.83. The van der Waals surface area contributed by atoms with E-state index >= 15 is 0 Å². The van der Waals surface area contributed by atoms with Gasteiger partial charge in [-0.05, 0) is 68.5 Å². The number of fused-ring (bicyclic) bond motifs is 1. The molecule has 2 nitrogen and oxygen atoms in total. The van der Waals surface area contributed by atoms with Crippen molar-refractivity contribution in [3.8, 4) is 0 Å². The van der Waals surface area contributed by atoms with Crippen molar-refractivity contribution < 1.29 is 0 Å². The smallest absolute Gasteiger partial charge is 0.0491 e. The Kier molecular flexibility index (Phi) is 5.08. The molecule has 2 heteroatoms. The highest BCUT2D eigenvalue weighted by Crippen LogP contribution is 2.48. The molecule has 5 atom stereocenters. The molecule has 0 radical (unpaired) electrons. The van der Waals surface area contributed by atoms with Crippen molar-refractivity contribution in [1.82, 2.24) is 9.80 Å². The van der Waals surface area contributed by atoms with Gasteiger partial charge in [0.15, 0.2) is 0 Å². The summed E-state index contributed by atoms with van der Waals surface area (Å²) in [4.78, 5) is 5.25. The molecule has 0 aliphatic carbocycles. The van der Waals surface area contributed by atoms with E-state index in [4.69, 9.17) is 0 Å². The molecule has 138 valence electrons. The molecule has 3 aliphatic rings. The lowest BCUT2D eigenvalue weighted by atomic mass is 9.66. The fourth-order valence-corrected chi connectivity index (χ4v) is 5.33. The lowest BCUT2D eigenvalue weighted by molar-refractivity contribution is 0.109. The lowest BCUT2D eigenvalue weighted by Crippen LogP contribution is -2.33. The van der Waals surface area contributed by atoms with E-state index in [1.165, 1.54) is 38.9 Å². The molecule has 0 aromatic heterocycles. The molecule has 4 unspecified atom stereocenters. The number of piperidine rings is 1. The number of hydrogen-bond acceptors (Lipinski definition) is 2. The zero-order valence-corrected chi connectivity index (χ0v) is 17.2. The van der Waals surface area contributed by atoms with E-state index in [0.29, 0.717) is 5.41 Å². The summed E-state index contributed by atoms with van der Waals surface area (Å²) in [5, 5.41) is 0. The Hall–Kier alpha value is -0.500. The molecule has 0 amide bonds. The van der Waals surface area contributed by atoms with Crippen LogP contribution in [0.4, 0.5) is 0 Å². The van der Waals surface area contributed by atoms with Gasteiger partial charge in [-0.3, -0.25) is 0 Å². The van der Waals surface area contributed by atoms with Crippen LogP contribution >= 0.6 is 0 Å². The van der Waals surface area contributed by atoms with E-state index in [1.54, 1.807) is 5.70 Å². The van der Waals surface area contributed by atoms with E-state index in [0.717, 1.165) is 35.6 Å². The Morgan fingerprint density at radius 2 is 1.75 bits per heavy atom. The van der Waals surface area contributed by atoms with Crippen molar-refractivity contribution in [2.24, 2.45) is 35.0 Å². The second-order valence-corrected chi connectivity index (χ2v) is 10.2. The normalized spacial score (nSPS) is 35.0. The molecule has 3 heterocycles. The minimum atomic E-state index is 0.412. The van der Waals surface area contributed by atoms with E-state index < -0.39 is 0 Å². The summed E-state index contributed by atoms with van der Waals surface area (Å²) in [6, 6.07) is 0.832. The Bertz CT molecular complexity index is 467. The predicted octanol–water partition coefficient (Wildman–Crippen LogP) is 4.87. The van der Waals surface area contributed by atoms with Gasteiger partial charge in [-0.1, -0.05) is 47.6 Å². The van der Waals surface area contributed by atoms with E-state index in [2.05, 4.69) is 64.5 Å². The van der Waals surface area contributed by atoms with Crippen molar-refractivity contribution in [3.63, 3.8) is 0 Å². The van der Waals surface area contributed by atoms with E-state index in [-0.39, 0.29) is 0 Å². The summed E-state index contributed by atoms with van der Waals surface area (Å²) in [7, 11) is 2.27. The van der Waals surface area contributed by atoms with Crippen LogP contribution in [0.15, 0.2) is 11.8 Å². The van der Waals surface area contributed by atoms with Gasteiger partial charge in [0.2, 0.25) is 0 Å². The third kappa shape index (κ3) is 3.54. The molecule has 2 fully saturated rings. The zero-order valence-electron chi connectivity index (χ0n) is 17.2. The average molecular weight is 333 g/mol. The van der Waals surface area contributed by atoms with Gasteiger partial charge in [0.25, 0.3) is 0 Å². The van der Waals surface area contributed by atoms with E-state index in [9.17, 15) is 0 Å². The second-order valence-electron chi connectivity index (χ2n) is 10.2. The number of allylic oxidation sites excluding steroid dienone is 2. The van der Waals surface area contributed by atoms with Gasteiger partial charge < -0.3 is 9.80 Å². The van der Waals surface area contributed by atoms with Crippen LogP contribution in [-0.2, 0) is 0 Å². The van der Waals surface area contributed by atoms with Gasteiger partial charge in [-0.25, -0.2) is 0 Å². The molecule has 2 saturated heterocycles. The van der Waals surface area contributed by atoms with Crippen molar-refractivity contribution in [1.29, 1.82) is 0 Å². The Morgan fingerprint density at radius 3 is 2.33 bits per heavy atom. The fraction of sp³-hybridized carbons (Fsp3) is 0.909. The molecule has 0 aromatic carbocycles. The van der Waals surface area contributed by atoms with Crippen molar-refractivity contribution >= 4 is 0 Å². The van der Waals surface area contributed by atoms with Gasteiger partial charge in [-0.15, -0.1) is 0 Å². The fourth-order valence-electron chi connectivity index (χ4n) is 5.33. The first-order chi connectivity index (χ1) is 11.2. The molecule has 3 aliphatic heterocycles. The monoisotopic (exact) mass is 332 g/mol. The van der Waals surface area contributed by atoms with Crippen molar-refractivity contribution in [2.75, 3.05) is 26.7 Å².